The first-order chi connectivity index (χ1) is 13.6. The van der Waals surface area contributed by atoms with Gasteiger partial charge in [-0.3, -0.25) is 9.69 Å². The summed E-state index contributed by atoms with van der Waals surface area (Å²) >= 11 is 0. The maximum atomic E-state index is 12.1. The molecule has 0 saturated carbocycles. The number of benzene rings is 2. The molecule has 4 nitrogen and oxygen atoms in total. The highest BCUT2D eigenvalue weighted by molar-refractivity contribution is 5.91. The number of carbonyl (C=O) groups excluding carboxylic acids is 1. The van der Waals surface area contributed by atoms with Gasteiger partial charge >= 0.3 is 0 Å². The molecular formula is C24H30N2O2. The van der Waals surface area contributed by atoms with E-state index in [4.69, 9.17) is 4.74 Å². The first kappa shape index (κ1) is 20.3. The Hall–Kier alpha value is -2.43. The predicted octanol–water partition coefficient (Wildman–Crippen LogP) is 3.97. The molecule has 0 aromatic heterocycles. The van der Waals surface area contributed by atoms with Crippen molar-refractivity contribution in [2.24, 2.45) is 0 Å². The SMILES string of the molecule is CC(C)c1ccc(/C=C/C(=O)NCc2cccc(CN3CCOCC3)c2)cc1. The summed E-state index contributed by atoms with van der Waals surface area (Å²) in [6.45, 7) is 9.38. The second-order valence-corrected chi connectivity index (χ2v) is 7.58. The van der Waals surface area contributed by atoms with E-state index in [9.17, 15) is 4.79 Å². The highest BCUT2D eigenvalue weighted by atomic mass is 16.5. The zero-order valence-corrected chi connectivity index (χ0v) is 16.9. The Morgan fingerprint density at radius 1 is 1.11 bits per heavy atom. The largest absolute Gasteiger partial charge is 0.379 e. The Morgan fingerprint density at radius 2 is 1.82 bits per heavy atom. The summed E-state index contributed by atoms with van der Waals surface area (Å²) in [5.41, 5.74) is 4.73. The van der Waals surface area contributed by atoms with Gasteiger partial charge < -0.3 is 10.1 Å². The molecule has 0 aliphatic carbocycles. The molecule has 1 aliphatic rings. The van der Waals surface area contributed by atoms with Gasteiger partial charge in [-0.25, -0.2) is 0 Å². The summed E-state index contributed by atoms with van der Waals surface area (Å²) in [4.78, 5) is 14.5. The third kappa shape index (κ3) is 6.32. The fourth-order valence-corrected chi connectivity index (χ4v) is 3.27. The van der Waals surface area contributed by atoms with Gasteiger partial charge in [0.25, 0.3) is 0 Å². The van der Waals surface area contributed by atoms with E-state index in [1.54, 1.807) is 6.08 Å². The lowest BCUT2D eigenvalue weighted by molar-refractivity contribution is -0.116. The van der Waals surface area contributed by atoms with Gasteiger partial charge in [-0.15, -0.1) is 0 Å². The smallest absolute Gasteiger partial charge is 0.244 e. The molecule has 148 valence electrons. The summed E-state index contributed by atoms with van der Waals surface area (Å²) in [6.07, 6.45) is 3.45. The number of rotatable bonds is 7. The lowest BCUT2D eigenvalue weighted by Crippen LogP contribution is -2.35. The minimum absolute atomic E-state index is 0.0773. The van der Waals surface area contributed by atoms with Crippen LogP contribution in [0.4, 0.5) is 0 Å². The Labute approximate surface area is 168 Å². The van der Waals surface area contributed by atoms with E-state index in [2.05, 4.69) is 60.5 Å². The van der Waals surface area contributed by atoms with Crippen molar-refractivity contribution in [2.75, 3.05) is 26.3 Å². The maximum Gasteiger partial charge on any atom is 0.244 e. The molecule has 1 heterocycles. The molecule has 3 rings (SSSR count). The molecule has 1 fully saturated rings. The number of amides is 1. The lowest BCUT2D eigenvalue weighted by atomic mass is 10.0. The van der Waals surface area contributed by atoms with Crippen LogP contribution in [0.15, 0.2) is 54.6 Å². The van der Waals surface area contributed by atoms with Crippen molar-refractivity contribution in [3.63, 3.8) is 0 Å². The Balaban J connectivity index is 1.49. The molecule has 2 aromatic carbocycles. The van der Waals surface area contributed by atoms with Crippen LogP contribution >= 0.6 is 0 Å². The molecular weight excluding hydrogens is 348 g/mol. The standard InChI is InChI=1S/C24H30N2O2/c1-19(2)23-9-6-20(7-10-23)8-11-24(27)25-17-21-4-3-5-22(16-21)18-26-12-14-28-15-13-26/h3-11,16,19H,12-15,17-18H2,1-2H3,(H,25,27)/b11-8+. The maximum absolute atomic E-state index is 12.1. The summed E-state index contributed by atoms with van der Waals surface area (Å²) in [5, 5.41) is 2.97. The summed E-state index contributed by atoms with van der Waals surface area (Å²) in [7, 11) is 0. The third-order valence-corrected chi connectivity index (χ3v) is 5.00. The average molecular weight is 379 g/mol. The van der Waals surface area contributed by atoms with Gasteiger partial charge in [-0.1, -0.05) is 62.4 Å². The minimum atomic E-state index is -0.0773. The second-order valence-electron chi connectivity index (χ2n) is 7.58. The van der Waals surface area contributed by atoms with Crippen molar-refractivity contribution in [1.82, 2.24) is 10.2 Å². The van der Waals surface area contributed by atoms with Gasteiger partial charge in [0.1, 0.15) is 0 Å². The second kappa shape index (κ2) is 10.2. The minimum Gasteiger partial charge on any atom is -0.379 e. The molecule has 0 radical (unpaired) electrons. The van der Waals surface area contributed by atoms with E-state index in [-0.39, 0.29) is 5.91 Å². The lowest BCUT2D eigenvalue weighted by Gasteiger charge is -2.26. The number of nitrogens with zero attached hydrogens (tertiary/aromatic N) is 1. The van der Waals surface area contributed by atoms with Crippen LogP contribution < -0.4 is 5.32 Å². The highest BCUT2D eigenvalue weighted by Gasteiger charge is 2.10. The van der Waals surface area contributed by atoms with Crippen molar-refractivity contribution in [1.29, 1.82) is 0 Å². The van der Waals surface area contributed by atoms with Gasteiger partial charge in [0.05, 0.1) is 13.2 Å². The van der Waals surface area contributed by atoms with Crippen LogP contribution in [0.1, 0.15) is 42.0 Å². The molecule has 28 heavy (non-hydrogen) atoms. The molecule has 1 N–H and O–H groups in total. The van der Waals surface area contributed by atoms with Crippen molar-refractivity contribution in [2.45, 2.75) is 32.9 Å². The first-order valence-corrected chi connectivity index (χ1v) is 10.0. The topological polar surface area (TPSA) is 41.6 Å². The van der Waals surface area contributed by atoms with Crippen LogP contribution in [-0.4, -0.2) is 37.1 Å². The average Bonchev–Trinajstić information content (AvgIpc) is 2.72. The first-order valence-electron chi connectivity index (χ1n) is 10.0. The van der Waals surface area contributed by atoms with E-state index in [1.807, 2.05) is 18.2 Å². The van der Waals surface area contributed by atoms with Crippen LogP contribution in [0.2, 0.25) is 0 Å². The zero-order chi connectivity index (χ0) is 19.8. The Bertz CT molecular complexity index is 791. The quantitative estimate of drug-likeness (QED) is 0.741. The van der Waals surface area contributed by atoms with Gasteiger partial charge in [-0.05, 0) is 34.2 Å². The van der Waals surface area contributed by atoms with E-state index in [0.717, 1.165) is 44.0 Å². The molecule has 0 bridgehead atoms. The Morgan fingerprint density at radius 3 is 2.54 bits per heavy atom. The van der Waals surface area contributed by atoms with Crippen LogP contribution in [-0.2, 0) is 22.6 Å². The normalized spacial score (nSPS) is 15.2. The number of hydrogen-bond donors (Lipinski definition) is 1. The molecule has 4 heteroatoms. The van der Waals surface area contributed by atoms with Crippen molar-refractivity contribution in [3.8, 4) is 0 Å². The number of morpholine rings is 1. The van der Waals surface area contributed by atoms with E-state index >= 15 is 0 Å². The zero-order valence-electron chi connectivity index (χ0n) is 16.9. The third-order valence-electron chi connectivity index (χ3n) is 5.00. The molecule has 1 saturated heterocycles. The molecule has 2 aromatic rings. The summed E-state index contributed by atoms with van der Waals surface area (Å²) in [6, 6.07) is 16.7. The summed E-state index contributed by atoms with van der Waals surface area (Å²) < 4.78 is 5.40. The van der Waals surface area contributed by atoms with Crippen molar-refractivity contribution >= 4 is 12.0 Å². The monoisotopic (exact) mass is 378 g/mol. The molecule has 1 aliphatic heterocycles. The number of ether oxygens (including phenoxy) is 1. The van der Waals surface area contributed by atoms with E-state index < -0.39 is 0 Å². The van der Waals surface area contributed by atoms with E-state index in [0.29, 0.717) is 12.5 Å². The van der Waals surface area contributed by atoms with Gasteiger partial charge in [-0.2, -0.15) is 0 Å². The molecule has 1 amide bonds. The van der Waals surface area contributed by atoms with Crippen LogP contribution in [0.25, 0.3) is 6.08 Å². The highest BCUT2D eigenvalue weighted by Crippen LogP contribution is 2.15. The summed E-state index contributed by atoms with van der Waals surface area (Å²) in [5.74, 6) is 0.437. The van der Waals surface area contributed by atoms with Crippen molar-refractivity contribution in [3.05, 3.63) is 76.9 Å². The van der Waals surface area contributed by atoms with Crippen LogP contribution in [0, 0.1) is 0 Å². The van der Waals surface area contributed by atoms with Crippen LogP contribution in [0.3, 0.4) is 0 Å². The number of carbonyl (C=O) groups is 1. The predicted molar refractivity (Wildman–Crippen MR) is 114 cm³/mol. The number of hydrogen-bond acceptors (Lipinski definition) is 3. The fraction of sp³-hybridized carbons (Fsp3) is 0.375. The van der Waals surface area contributed by atoms with Gasteiger partial charge in [0.15, 0.2) is 0 Å². The fourth-order valence-electron chi connectivity index (χ4n) is 3.27. The Kier molecular flexibility index (Phi) is 7.40. The van der Waals surface area contributed by atoms with Crippen molar-refractivity contribution < 1.29 is 9.53 Å². The van der Waals surface area contributed by atoms with Crippen LogP contribution in [0.5, 0.6) is 0 Å². The van der Waals surface area contributed by atoms with Gasteiger partial charge in [0, 0.05) is 32.3 Å². The number of nitrogens with one attached hydrogen (secondary N) is 1. The molecule has 0 unspecified atom stereocenters. The molecule has 0 spiro atoms. The van der Waals surface area contributed by atoms with Gasteiger partial charge in [0.2, 0.25) is 5.91 Å². The van der Waals surface area contributed by atoms with E-state index in [1.165, 1.54) is 11.1 Å². The molecule has 0 atom stereocenters.